The standard InChI is InChI=1S/C14H20N4OS/c1-2-8-3-5-9(6-4-8)18-14-10(7-15)11(16)12(20-14)13(17)19/h8-9,18H,2-6,16H2,1H3,(H2,17,19). The summed E-state index contributed by atoms with van der Waals surface area (Å²) in [4.78, 5) is 11.6. The molecule has 0 radical (unpaired) electrons. The second-order valence-electron chi connectivity index (χ2n) is 5.30. The number of carbonyl (C=O) groups is 1. The molecule has 2 rings (SSSR count). The number of hydrogen-bond acceptors (Lipinski definition) is 5. The molecule has 5 N–H and O–H groups in total. The minimum absolute atomic E-state index is 0.203. The molecule has 108 valence electrons. The molecule has 1 heterocycles. The van der Waals surface area contributed by atoms with Crippen molar-refractivity contribution in [3.63, 3.8) is 0 Å². The van der Waals surface area contributed by atoms with Crippen molar-refractivity contribution in [2.45, 2.75) is 45.1 Å². The van der Waals surface area contributed by atoms with E-state index in [4.69, 9.17) is 11.5 Å². The largest absolute Gasteiger partial charge is 0.396 e. The number of anilines is 2. The van der Waals surface area contributed by atoms with Gasteiger partial charge in [-0.3, -0.25) is 4.79 Å². The van der Waals surface area contributed by atoms with Crippen LogP contribution in [0, 0.1) is 17.2 Å². The molecule has 1 aliphatic rings. The average Bonchev–Trinajstić information content (AvgIpc) is 2.76. The van der Waals surface area contributed by atoms with E-state index < -0.39 is 5.91 Å². The van der Waals surface area contributed by atoms with Crippen LogP contribution in [0.25, 0.3) is 0 Å². The Balaban J connectivity index is 2.12. The van der Waals surface area contributed by atoms with Gasteiger partial charge < -0.3 is 16.8 Å². The number of hydrogen-bond donors (Lipinski definition) is 3. The number of nitrogens with two attached hydrogens (primary N) is 2. The maximum absolute atomic E-state index is 11.3. The molecule has 0 aliphatic heterocycles. The Morgan fingerprint density at radius 3 is 2.60 bits per heavy atom. The average molecular weight is 292 g/mol. The third-order valence-electron chi connectivity index (χ3n) is 4.04. The highest BCUT2D eigenvalue weighted by Gasteiger charge is 2.24. The third-order valence-corrected chi connectivity index (χ3v) is 5.19. The van der Waals surface area contributed by atoms with Gasteiger partial charge in [0.2, 0.25) is 0 Å². The van der Waals surface area contributed by atoms with Gasteiger partial charge in [-0.1, -0.05) is 13.3 Å². The van der Waals surface area contributed by atoms with Crippen molar-refractivity contribution >= 4 is 27.9 Å². The molecule has 5 nitrogen and oxygen atoms in total. The lowest BCUT2D eigenvalue weighted by Gasteiger charge is -2.28. The lowest BCUT2D eigenvalue weighted by atomic mass is 9.84. The summed E-state index contributed by atoms with van der Waals surface area (Å²) in [6, 6.07) is 2.41. The SMILES string of the molecule is CCC1CCC(Nc2sc(C(N)=O)c(N)c2C#N)CC1. The van der Waals surface area contributed by atoms with Crippen molar-refractivity contribution in [1.29, 1.82) is 5.26 Å². The summed E-state index contributed by atoms with van der Waals surface area (Å²) in [6.45, 7) is 2.23. The van der Waals surface area contributed by atoms with Crippen molar-refractivity contribution in [2.24, 2.45) is 11.7 Å². The number of thiophene rings is 1. The smallest absolute Gasteiger partial charge is 0.261 e. The van der Waals surface area contributed by atoms with Crippen molar-refractivity contribution in [3.8, 4) is 6.07 Å². The van der Waals surface area contributed by atoms with E-state index in [0.29, 0.717) is 16.6 Å². The van der Waals surface area contributed by atoms with Crippen LogP contribution in [0.5, 0.6) is 0 Å². The summed E-state index contributed by atoms with van der Waals surface area (Å²) in [5.74, 6) is 0.241. The van der Waals surface area contributed by atoms with Gasteiger partial charge in [-0.05, 0) is 31.6 Å². The van der Waals surface area contributed by atoms with Crippen LogP contribution in [0.4, 0.5) is 10.7 Å². The van der Waals surface area contributed by atoms with E-state index in [2.05, 4.69) is 18.3 Å². The van der Waals surface area contributed by atoms with Crippen molar-refractivity contribution in [1.82, 2.24) is 0 Å². The minimum Gasteiger partial charge on any atom is -0.396 e. The van der Waals surface area contributed by atoms with Gasteiger partial charge in [-0.25, -0.2) is 0 Å². The van der Waals surface area contributed by atoms with E-state index in [9.17, 15) is 10.1 Å². The quantitative estimate of drug-likeness (QED) is 0.793. The van der Waals surface area contributed by atoms with Gasteiger partial charge >= 0.3 is 0 Å². The van der Waals surface area contributed by atoms with Crippen LogP contribution in [0.3, 0.4) is 0 Å². The number of amides is 1. The Labute approximate surface area is 122 Å². The molecule has 1 amide bonds. The number of nitrogen functional groups attached to an aromatic ring is 1. The first-order valence-electron chi connectivity index (χ1n) is 6.95. The van der Waals surface area contributed by atoms with Crippen LogP contribution in [0.2, 0.25) is 0 Å². The van der Waals surface area contributed by atoms with E-state index in [-0.39, 0.29) is 10.6 Å². The van der Waals surface area contributed by atoms with Crippen LogP contribution in [-0.4, -0.2) is 11.9 Å². The predicted octanol–water partition coefficient (Wildman–Crippen LogP) is 2.68. The summed E-state index contributed by atoms with van der Waals surface area (Å²) < 4.78 is 0. The number of primary amides is 1. The van der Waals surface area contributed by atoms with Crippen LogP contribution >= 0.6 is 11.3 Å². The molecule has 1 aliphatic carbocycles. The highest BCUT2D eigenvalue weighted by Crippen LogP contribution is 2.37. The number of nitrogens with one attached hydrogen (secondary N) is 1. The van der Waals surface area contributed by atoms with E-state index in [1.54, 1.807) is 0 Å². The van der Waals surface area contributed by atoms with Crippen LogP contribution in [0.1, 0.15) is 54.3 Å². The molecule has 1 saturated carbocycles. The fourth-order valence-corrected chi connectivity index (χ4v) is 3.74. The Morgan fingerprint density at radius 2 is 2.10 bits per heavy atom. The normalized spacial score (nSPS) is 22.2. The van der Waals surface area contributed by atoms with E-state index in [0.717, 1.165) is 18.8 Å². The zero-order valence-corrected chi connectivity index (χ0v) is 12.4. The predicted molar refractivity (Wildman–Crippen MR) is 81.6 cm³/mol. The molecule has 0 spiro atoms. The number of carbonyl (C=O) groups excluding carboxylic acids is 1. The summed E-state index contributed by atoms with van der Waals surface area (Å²) in [5.41, 5.74) is 11.6. The zero-order valence-electron chi connectivity index (χ0n) is 11.6. The zero-order chi connectivity index (χ0) is 14.7. The molecule has 0 saturated heterocycles. The molecule has 1 fully saturated rings. The van der Waals surface area contributed by atoms with Crippen molar-refractivity contribution in [3.05, 3.63) is 10.4 Å². The topological polar surface area (TPSA) is 105 Å². The first-order valence-corrected chi connectivity index (χ1v) is 7.77. The molecule has 0 unspecified atom stereocenters. The van der Waals surface area contributed by atoms with E-state index in [1.807, 2.05) is 0 Å². The highest BCUT2D eigenvalue weighted by molar-refractivity contribution is 7.18. The fourth-order valence-electron chi connectivity index (χ4n) is 2.74. The summed E-state index contributed by atoms with van der Waals surface area (Å²) in [6.07, 6.45) is 5.83. The molecule has 0 aromatic carbocycles. The maximum atomic E-state index is 11.3. The van der Waals surface area contributed by atoms with Gasteiger partial charge in [-0.15, -0.1) is 11.3 Å². The number of nitrogens with zero attached hydrogens (tertiary/aromatic N) is 1. The molecule has 1 aromatic heterocycles. The molecule has 0 bridgehead atoms. The Bertz CT molecular complexity index is 538. The highest BCUT2D eigenvalue weighted by atomic mass is 32.1. The van der Waals surface area contributed by atoms with Crippen molar-refractivity contribution < 1.29 is 4.79 Å². The minimum atomic E-state index is -0.577. The second kappa shape index (κ2) is 6.14. The van der Waals surface area contributed by atoms with Crippen LogP contribution in [-0.2, 0) is 0 Å². The Morgan fingerprint density at radius 1 is 1.45 bits per heavy atom. The Hall–Kier alpha value is -1.74. The van der Waals surface area contributed by atoms with E-state index in [1.165, 1.54) is 30.6 Å². The summed E-state index contributed by atoms with van der Waals surface area (Å²) >= 11 is 1.19. The van der Waals surface area contributed by atoms with Crippen molar-refractivity contribution in [2.75, 3.05) is 11.1 Å². The summed E-state index contributed by atoms with van der Waals surface area (Å²) in [5, 5.41) is 13.2. The van der Waals surface area contributed by atoms with Gasteiger partial charge in [0.25, 0.3) is 5.91 Å². The number of rotatable bonds is 4. The van der Waals surface area contributed by atoms with Crippen LogP contribution < -0.4 is 16.8 Å². The fraction of sp³-hybridized carbons (Fsp3) is 0.571. The monoisotopic (exact) mass is 292 g/mol. The van der Waals surface area contributed by atoms with Gasteiger partial charge in [0.15, 0.2) is 0 Å². The maximum Gasteiger partial charge on any atom is 0.261 e. The van der Waals surface area contributed by atoms with Gasteiger partial charge in [-0.2, -0.15) is 5.26 Å². The molecular weight excluding hydrogens is 272 g/mol. The molecule has 20 heavy (non-hydrogen) atoms. The van der Waals surface area contributed by atoms with Gasteiger partial charge in [0.1, 0.15) is 21.5 Å². The molecule has 0 atom stereocenters. The molecular formula is C14H20N4OS. The molecule has 6 heteroatoms. The first-order chi connectivity index (χ1) is 9.56. The Kier molecular flexibility index (Phi) is 4.50. The van der Waals surface area contributed by atoms with E-state index >= 15 is 0 Å². The van der Waals surface area contributed by atoms with Gasteiger partial charge in [0.05, 0.1) is 5.69 Å². The van der Waals surface area contributed by atoms with Gasteiger partial charge in [0, 0.05) is 6.04 Å². The molecule has 1 aromatic rings. The van der Waals surface area contributed by atoms with Crippen LogP contribution in [0.15, 0.2) is 0 Å². The number of nitriles is 1. The lowest BCUT2D eigenvalue weighted by Crippen LogP contribution is -2.25. The third kappa shape index (κ3) is 2.88. The second-order valence-corrected chi connectivity index (χ2v) is 6.32. The summed E-state index contributed by atoms with van der Waals surface area (Å²) in [7, 11) is 0. The first kappa shape index (κ1) is 14.7. The lowest BCUT2D eigenvalue weighted by molar-refractivity contribution is 0.100.